The fourth-order valence-electron chi connectivity index (χ4n) is 3.15. The monoisotopic (exact) mass is 261 g/mol. The summed E-state index contributed by atoms with van der Waals surface area (Å²) in [6.45, 7) is 6.42. The minimum Gasteiger partial charge on any atom is -0.317 e. The number of aromatic nitrogens is 1. The molecule has 1 aliphatic carbocycles. The maximum Gasteiger partial charge on any atom is 0.0547 e. The van der Waals surface area contributed by atoms with Gasteiger partial charge in [-0.3, -0.25) is 9.88 Å². The van der Waals surface area contributed by atoms with Gasteiger partial charge in [-0.15, -0.1) is 0 Å². The van der Waals surface area contributed by atoms with Crippen LogP contribution in [0.3, 0.4) is 0 Å². The first-order chi connectivity index (χ1) is 9.22. The van der Waals surface area contributed by atoms with Crippen molar-refractivity contribution in [3.05, 3.63) is 29.6 Å². The second-order valence-electron chi connectivity index (χ2n) is 5.64. The Balaban J connectivity index is 1.99. The van der Waals surface area contributed by atoms with Crippen LogP contribution in [0.15, 0.2) is 18.2 Å². The molecule has 2 unspecified atom stereocenters. The van der Waals surface area contributed by atoms with Gasteiger partial charge in [-0.05, 0) is 51.9 Å². The van der Waals surface area contributed by atoms with Crippen molar-refractivity contribution in [3.63, 3.8) is 0 Å². The van der Waals surface area contributed by atoms with Gasteiger partial charge in [0.25, 0.3) is 0 Å². The van der Waals surface area contributed by atoms with Crippen LogP contribution in [0.25, 0.3) is 0 Å². The topological polar surface area (TPSA) is 28.2 Å². The zero-order valence-electron chi connectivity index (χ0n) is 12.5. The Morgan fingerprint density at radius 3 is 2.89 bits per heavy atom. The Morgan fingerprint density at radius 2 is 2.21 bits per heavy atom. The van der Waals surface area contributed by atoms with Crippen LogP contribution in [-0.2, 0) is 6.54 Å². The lowest BCUT2D eigenvalue weighted by atomic mass is 9.90. The molecule has 0 saturated heterocycles. The van der Waals surface area contributed by atoms with Crippen LogP contribution in [0.5, 0.6) is 0 Å². The molecule has 1 aromatic heterocycles. The molecule has 0 amide bonds. The molecule has 2 atom stereocenters. The zero-order chi connectivity index (χ0) is 13.7. The van der Waals surface area contributed by atoms with E-state index in [2.05, 4.69) is 54.3 Å². The third-order valence-corrected chi connectivity index (χ3v) is 4.29. The van der Waals surface area contributed by atoms with Crippen LogP contribution in [0.1, 0.15) is 44.0 Å². The highest BCUT2D eigenvalue weighted by atomic mass is 15.2. The lowest BCUT2D eigenvalue weighted by Gasteiger charge is -2.36. The molecule has 0 radical (unpaired) electrons. The molecule has 106 valence electrons. The predicted octanol–water partition coefficient (Wildman–Crippen LogP) is 2.74. The van der Waals surface area contributed by atoms with E-state index in [1.54, 1.807) is 0 Å². The maximum atomic E-state index is 4.64. The lowest BCUT2D eigenvalue weighted by Crippen LogP contribution is -2.43. The zero-order valence-corrected chi connectivity index (χ0v) is 12.5. The van der Waals surface area contributed by atoms with Crippen LogP contribution < -0.4 is 5.32 Å². The fourth-order valence-corrected chi connectivity index (χ4v) is 3.15. The molecule has 1 fully saturated rings. The summed E-state index contributed by atoms with van der Waals surface area (Å²) >= 11 is 0. The molecular formula is C16H27N3. The van der Waals surface area contributed by atoms with Gasteiger partial charge in [-0.25, -0.2) is 0 Å². The SMILES string of the molecule is CCN(Cc1cccc(C)n1)C1CCCC(NC)C1. The highest BCUT2D eigenvalue weighted by Gasteiger charge is 2.25. The summed E-state index contributed by atoms with van der Waals surface area (Å²) < 4.78 is 0. The summed E-state index contributed by atoms with van der Waals surface area (Å²) in [4.78, 5) is 7.23. The summed E-state index contributed by atoms with van der Waals surface area (Å²) in [6.07, 6.45) is 5.27. The summed E-state index contributed by atoms with van der Waals surface area (Å²) in [5, 5.41) is 3.44. The largest absolute Gasteiger partial charge is 0.317 e. The molecule has 0 spiro atoms. The predicted molar refractivity (Wildman–Crippen MR) is 80.2 cm³/mol. The van der Waals surface area contributed by atoms with Gasteiger partial charge in [0.2, 0.25) is 0 Å². The molecule has 1 heterocycles. The highest BCUT2D eigenvalue weighted by Crippen LogP contribution is 2.24. The first kappa shape index (κ1) is 14.5. The van der Waals surface area contributed by atoms with Crippen LogP contribution >= 0.6 is 0 Å². The van der Waals surface area contributed by atoms with Crippen LogP contribution in [-0.4, -0.2) is 35.6 Å². The number of aryl methyl sites for hydroxylation is 1. The summed E-state index contributed by atoms with van der Waals surface area (Å²) in [5.74, 6) is 0. The summed E-state index contributed by atoms with van der Waals surface area (Å²) in [6, 6.07) is 7.73. The van der Waals surface area contributed by atoms with Gasteiger partial charge in [0.1, 0.15) is 0 Å². The van der Waals surface area contributed by atoms with E-state index in [1.165, 1.54) is 31.4 Å². The van der Waals surface area contributed by atoms with E-state index in [4.69, 9.17) is 0 Å². The Morgan fingerprint density at radius 1 is 1.37 bits per heavy atom. The smallest absolute Gasteiger partial charge is 0.0547 e. The molecule has 0 aromatic carbocycles. The van der Waals surface area contributed by atoms with E-state index in [0.717, 1.165) is 18.8 Å². The number of hydrogen-bond donors (Lipinski definition) is 1. The average molecular weight is 261 g/mol. The minimum atomic E-state index is 0.693. The van der Waals surface area contributed by atoms with E-state index < -0.39 is 0 Å². The molecule has 1 aliphatic rings. The van der Waals surface area contributed by atoms with Crippen molar-refractivity contribution in [1.82, 2.24) is 15.2 Å². The van der Waals surface area contributed by atoms with Crippen molar-refractivity contribution in [2.24, 2.45) is 0 Å². The van der Waals surface area contributed by atoms with Crippen molar-refractivity contribution < 1.29 is 0 Å². The van der Waals surface area contributed by atoms with Gasteiger partial charge < -0.3 is 5.32 Å². The molecule has 3 heteroatoms. The minimum absolute atomic E-state index is 0.693. The van der Waals surface area contributed by atoms with Gasteiger partial charge in [-0.1, -0.05) is 19.4 Å². The Hall–Kier alpha value is -0.930. The number of hydrogen-bond acceptors (Lipinski definition) is 3. The van der Waals surface area contributed by atoms with E-state index in [0.29, 0.717) is 12.1 Å². The number of pyridine rings is 1. The van der Waals surface area contributed by atoms with Crippen LogP contribution in [0.2, 0.25) is 0 Å². The van der Waals surface area contributed by atoms with Crippen LogP contribution in [0, 0.1) is 6.92 Å². The van der Waals surface area contributed by atoms with Crippen molar-refractivity contribution in [2.75, 3.05) is 13.6 Å². The first-order valence-electron chi connectivity index (χ1n) is 7.56. The highest BCUT2D eigenvalue weighted by molar-refractivity contribution is 5.10. The lowest BCUT2D eigenvalue weighted by molar-refractivity contribution is 0.139. The van der Waals surface area contributed by atoms with Crippen molar-refractivity contribution in [2.45, 2.75) is 58.2 Å². The number of nitrogens with one attached hydrogen (secondary N) is 1. The van der Waals surface area contributed by atoms with E-state index in [-0.39, 0.29) is 0 Å². The quantitative estimate of drug-likeness (QED) is 0.883. The first-order valence-corrected chi connectivity index (χ1v) is 7.56. The summed E-state index contributed by atoms with van der Waals surface area (Å²) in [5.41, 5.74) is 2.32. The second kappa shape index (κ2) is 7.01. The van der Waals surface area contributed by atoms with Gasteiger partial charge in [0, 0.05) is 24.3 Å². The van der Waals surface area contributed by atoms with Gasteiger partial charge in [0.05, 0.1) is 5.69 Å². The third-order valence-electron chi connectivity index (χ3n) is 4.29. The molecule has 19 heavy (non-hydrogen) atoms. The van der Waals surface area contributed by atoms with Crippen molar-refractivity contribution >= 4 is 0 Å². The molecular weight excluding hydrogens is 234 g/mol. The average Bonchev–Trinajstić information content (AvgIpc) is 2.45. The molecule has 1 N–H and O–H groups in total. The van der Waals surface area contributed by atoms with Crippen molar-refractivity contribution in [1.29, 1.82) is 0 Å². The fraction of sp³-hybridized carbons (Fsp3) is 0.688. The summed E-state index contributed by atoms with van der Waals surface area (Å²) in [7, 11) is 2.09. The van der Waals surface area contributed by atoms with E-state index >= 15 is 0 Å². The maximum absolute atomic E-state index is 4.64. The Labute approximate surface area is 117 Å². The normalized spacial score (nSPS) is 23.8. The van der Waals surface area contributed by atoms with Crippen molar-refractivity contribution in [3.8, 4) is 0 Å². The number of nitrogens with zero attached hydrogens (tertiary/aromatic N) is 2. The molecule has 1 saturated carbocycles. The molecule has 0 bridgehead atoms. The molecule has 2 rings (SSSR count). The Bertz CT molecular complexity index is 391. The molecule has 0 aliphatic heterocycles. The Kier molecular flexibility index (Phi) is 5.34. The third kappa shape index (κ3) is 4.02. The second-order valence-corrected chi connectivity index (χ2v) is 5.64. The standard InChI is InChI=1S/C16H27N3/c1-4-19(12-15-9-5-7-13(2)18-15)16-10-6-8-14(11-16)17-3/h5,7,9,14,16-17H,4,6,8,10-12H2,1-3H3. The van der Waals surface area contributed by atoms with Gasteiger partial charge in [-0.2, -0.15) is 0 Å². The van der Waals surface area contributed by atoms with Gasteiger partial charge in [0.15, 0.2) is 0 Å². The number of rotatable bonds is 5. The van der Waals surface area contributed by atoms with E-state index in [1.807, 2.05) is 0 Å². The van der Waals surface area contributed by atoms with E-state index in [9.17, 15) is 0 Å². The van der Waals surface area contributed by atoms with Crippen LogP contribution in [0.4, 0.5) is 0 Å². The van der Waals surface area contributed by atoms with Gasteiger partial charge >= 0.3 is 0 Å². The molecule has 1 aromatic rings. The molecule has 3 nitrogen and oxygen atoms in total.